The van der Waals surface area contributed by atoms with Crippen molar-refractivity contribution in [3.63, 3.8) is 0 Å². The third kappa shape index (κ3) is 6.05. The fraction of sp³-hybridized carbons (Fsp3) is 0.643. The molecule has 3 nitrogen and oxygen atoms in total. The first-order chi connectivity index (χ1) is 8.18. The first-order valence-corrected chi connectivity index (χ1v) is 7.14. The minimum Gasteiger partial charge on any atom is -0.333 e. The number of hydrogen-bond donors (Lipinski definition) is 2. The number of amides is 2. The molecule has 18 heavy (non-hydrogen) atoms. The van der Waals surface area contributed by atoms with E-state index in [9.17, 15) is 4.79 Å². The minimum absolute atomic E-state index is 0.0994. The molecule has 0 aliphatic heterocycles. The van der Waals surface area contributed by atoms with E-state index in [-0.39, 0.29) is 17.0 Å². The van der Waals surface area contributed by atoms with Gasteiger partial charge in [-0.1, -0.05) is 26.8 Å². The van der Waals surface area contributed by atoms with Crippen molar-refractivity contribution < 1.29 is 4.79 Å². The van der Waals surface area contributed by atoms with E-state index in [1.54, 1.807) is 11.3 Å². The summed E-state index contributed by atoms with van der Waals surface area (Å²) >= 11 is 1.65. The molecule has 1 aromatic rings. The van der Waals surface area contributed by atoms with Crippen LogP contribution in [0.15, 0.2) is 17.5 Å². The van der Waals surface area contributed by atoms with E-state index in [2.05, 4.69) is 45.3 Å². The summed E-state index contributed by atoms with van der Waals surface area (Å²) in [6.45, 7) is 11.3. The highest BCUT2D eigenvalue weighted by Crippen LogP contribution is 2.26. The van der Waals surface area contributed by atoms with Crippen molar-refractivity contribution in [2.75, 3.05) is 0 Å². The molecule has 1 aromatic heterocycles. The number of urea groups is 1. The monoisotopic (exact) mass is 268 g/mol. The van der Waals surface area contributed by atoms with Gasteiger partial charge >= 0.3 is 6.03 Å². The number of hydrogen-bond acceptors (Lipinski definition) is 2. The van der Waals surface area contributed by atoms with E-state index in [1.165, 1.54) is 4.88 Å². The van der Waals surface area contributed by atoms with E-state index < -0.39 is 0 Å². The van der Waals surface area contributed by atoms with E-state index in [1.807, 2.05) is 17.5 Å². The Morgan fingerprint density at radius 1 is 1.28 bits per heavy atom. The fourth-order valence-corrected chi connectivity index (χ4v) is 2.95. The zero-order valence-electron chi connectivity index (χ0n) is 12.0. The van der Waals surface area contributed by atoms with Crippen LogP contribution in [0.5, 0.6) is 0 Å². The number of carbonyl (C=O) groups excluding carboxylic acids is 1. The van der Waals surface area contributed by atoms with E-state index in [4.69, 9.17) is 0 Å². The SMILES string of the molecule is CC(C)(C)CC(C)(C)NC(=O)NCc1cccs1. The van der Waals surface area contributed by atoms with Gasteiger partial charge in [-0.05, 0) is 37.1 Å². The molecule has 1 heterocycles. The van der Waals surface area contributed by atoms with Gasteiger partial charge in [0.2, 0.25) is 0 Å². The van der Waals surface area contributed by atoms with E-state index in [0.717, 1.165) is 6.42 Å². The Labute approximate surface area is 114 Å². The van der Waals surface area contributed by atoms with Crippen molar-refractivity contribution in [1.82, 2.24) is 10.6 Å². The normalized spacial score (nSPS) is 12.3. The average Bonchev–Trinajstić information content (AvgIpc) is 2.61. The maximum absolute atomic E-state index is 11.8. The Kier molecular flexibility index (Phi) is 4.79. The van der Waals surface area contributed by atoms with Gasteiger partial charge in [-0.15, -0.1) is 11.3 Å². The second kappa shape index (κ2) is 5.74. The lowest BCUT2D eigenvalue weighted by Gasteiger charge is -2.33. The first-order valence-electron chi connectivity index (χ1n) is 6.26. The third-order valence-corrected chi connectivity index (χ3v) is 3.30. The summed E-state index contributed by atoms with van der Waals surface area (Å²) in [4.78, 5) is 13.0. The molecular formula is C14H24N2OS. The Hall–Kier alpha value is -1.03. The Morgan fingerprint density at radius 2 is 1.94 bits per heavy atom. The maximum atomic E-state index is 11.8. The number of carbonyl (C=O) groups is 1. The van der Waals surface area contributed by atoms with Crippen LogP contribution in [0.2, 0.25) is 0 Å². The molecule has 0 spiro atoms. The molecule has 0 saturated heterocycles. The third-order valence-electron chi connectivity index (χ3n) is 2.43. The maximum Gasteiger partial charge on any atom is 0.315 e. The van der Waals surface area contributed by atoms with Crippen LogP contribution in [0.3, 0.4) is 0 Å². The average molecular weight is 268 g/mol. The Morgan fingerprint density at radius 3 is 2.44 bits per heavy atom. The fourth-order valence-electron chi connectivity index (χ4n) is 2.30. The summed E-state index contributed by atoms with van der Waals surface area (Å²) in [7, 11) is 0. The van der Waals surface area contributed by atoms with Crippen molar-refractivity contribution in [2.45, 2.75) is 53.1 Å². The van der Waals surface area contributed by atoms with Gasteiger partial charge in [0.15, 0.2) is 0 Å². The van der Waals surface area contributed by atoms with E-state index in [0.29, 0.717) is 6.54 Å². The molecule has 0 aliphatic rings. The van der Waals surface area contributed by atoms with Crippen LogP contribution < -0.4 is 10.6 Å². The molecule has 4 heteroatoms. The zero-order valence-corrected chi connectivity index (χ0v) is 12.8. The molecule has 0 fully saturated rings. The molecule has 102 valence electrons. The Balaban J connectivity index is 2.39. The first kappa shape index (κ1) is 15.0. The standard InChI is InChI=1S/C14H24N2OS/c1-13(2,3)10-14(4,5)16-12(17)15-9-11-7-6-8-18-11/h6-8H,9-10H2,1-5H3,(H2,15,16,17). The van der Waals surface area contributed by atoms with Crippen LogP contribution in [0.1, 0.15) is 45.9 Å². The summed E-state index contributed by atoms with van der Waals surface area (Å²) < 4.78 is 0. The van der Waals surface area contributed by atoms with Crippen LogP contribution in [0.4, 0.5) is 4.79 Å². The number of rotatable bonds is 4. The second-order valence-corrected chi connectivity index (χ2v) is 7.54. The van der Waals surface area contributed by atoms with Crippen molar-refractivity contribution in [2.24, 2.45) is 5.41 Å². The van der Waals surface area contributed by atoms with Gasteiger partial charge in [0.25, 0.3) is 0 Å². The van der Waals surface area contributed by atoms with Crippen LogP contribution in [-0.2, 0) is 6.54 Å². The highest BCUT2D eigenvalue weighted by atomic mass is 32.1. The molecule has 0 bridgehead atoms. The van der Waals surface area contributed by atoms with Crippen LogP contribution in [0.25, 0.3) is 0 Å². The topological polar surface area (TPSA) is 41.1 Å². The van der Waals surface area contributed by atoms with Gasteiger partial charge < -0.3 is 10.6 Å². The van der Waals surface area contributed by atoms with Gasteiger partial charge in [-0.3, -0.25) is 0 Å². The lowest BCUT2D eigenvalue weighted by Crippen LogP contribution is -2.49. The summed E-state index contributed by atoms with van der Waals surface area (Å²) in [5.74, 6) is 0. The molecule has 0 aromatic carbocycles. The second-order valence-electron chi connectivity index (χ2n) is 6.51. The molecule has 2 N–H and O–H groups in total. The highest BCUT2D eigenvalue weighted by molar-refractivity contribution is 7.09. The van der Waals surface area contributed by atoms with Gasteiger partial charge in [-0.25, -0.2) is 4.79 Å². The van der Waals surface area contributed by atoms with Crippen molar-refractivity contribution in [3.05, 3.63) is 22.4 Å². The number of nitrogens with one attached hydrogen (secondary N) is 2. The molecule has 0 unspecified atom stereocenters. The van der Waals surface area contributed by atoms with E-state index >= 15 is 0 Å². The molecule has 2 amide bonds. The van der Waals surface area contributed by atoms with Crippen molar-refractivity contribution >= 4 is 17.4 Å². The zero-order chi connectivity index (χ0) is 13.8. The van der Waals surface area contributed by atoms with Crippen molar-refractivity contribution in [3.8, 4) is 0 Å². The minimum atomic E-state index is -0.197. The Bertz CT molecular complexity index is 377. The summed E-state index contributed by atoms with van der Waals surface area (Å²) in [6.07, 6.45) is 0.937. The predicted molar refractivity (Wildman–Crippen MR) is 77.8 cm³/mol. The lowest BCUT2D eigenvalue weighted by atomic mass is 9.82. The summed E-state index contributed by atoms with van der Waals surface area (Å²) in [5, 5.41) is 7.93. The van der Waals surface area contributed by atoms with Crippen LogP contribution >= 0.6 is 11.3 Å². The smallest absolute Gasteiger partial charge is 0.315 e. The van der Waals surface area contributed by atoms with Gasteiger partial charge in [0, 0.05) is 10.4 Å². The van der Waals surface area contributed by atoms with Gasteiger partial charge in [0.1, 0.15) is 0 Å². The molecule has 0 atom stereocenters. The van der Waals surface area contributed by atoms with Gasteiger partial charge in [0.05, 0.1) is 6.54 Å². The number of thiophene rings is 1. The van der Waals surface area contributed by atoms with Gasteiger partial charge in [-0.2, -0.15) is 0 Å². The summed E-state index contributed by atoms with van der Waals surface area (Å²) in [6, 6.07) is 3.91. The lowest BCUT2D eigenvalue weighted by molar-refractivity contribution is 0.210. The molecule has 0 aliphatic carbocycles. The van der Waals surface area contributed by atoms with Crippen LogP contribution in [-0.4, -0.2) is 11.6 Å². The largest absolute Gasteiger partial charge is 0.333 e. The highest BCUT2D eigenvalue weighted by Gasteiger charge is 2.26. The summed E-state index contributed by atoms with van der Waals surface area (Å²) in [5.41, 5.74) is 0.00230. The quantitative estimate of drug-likeness (QED) is 0.857. The molecule has 0 saturated carbocycles. The molecule has 0 radical (unpaired) electrons. The molecule has 1 rings (SSSR count). The van der Waals surface area contributed by atoms with Crippen molar-refractivity contribution in [1.29, 1.82) is 0 Å². The predicted octanol–water partition coefficient (Wildman–Crippen LogP) is 3.76. The van der Waals surface area contributed by atoms with Crippen LogP contribution in [0, 0.1) is 5.41 Å². The molecular weight excluding hydrogens is 244 g/mol.